The van der Waals surface area contributed by atoms with E-state index in [4.69, 9.17) is 14.2 Å². The summed E-state index contributed by atoms with van der Waals surface area (Å²) < 4.78 is 16.9. The number of likely N-dealkylation sites (N-methyl/N-ethyl adjacent to an activating group) is 1. The molecule has 0 fully saturated rings. The van der Waals surface area contributed by atoms with E-state index in [9.17, 15) is 9.90 Å². The number of aliphatic carboxylic acids is 1. The molecule has 0 saturated carbocycles. The van der Waals surface area contributed by atoms with Gasteiger partial charge in [0.05, 0.1) is 32.9 Å². The van der Waals surface area contributed by atoms with E-state index in [1.54, 1.807) is 14.2 Å². The Balaban J connectivity index is 4.50. The van der Waals surface area contributed by atoms with E-state index in [0.717, 1.165) is 30.7 Å². The zero-order valence-electron chi connectivity index (χ0n) is 13.2. The van der Waals surface area contributed by atoms with Gasteiger partial charge in [-0.3, -0.25) is 0 Å². The molecule has 0 saturated heterocycles. The second-order valence-electron chi connectivity index (χ2n) is 4.94. The molecule has 0 aliphatic carbocycles. The molecule has 0 aromatic heterocycles. The lowest BCUT2D eigenvalue weighted by Gasteiger charge is -2.39. The molecule has 0 aromatic rings. The van der Waals surface area contributed by atoms with Crippen LogP contribution < -0.4 is 5.11 Å². The number of methoxy groups -OCH3 is 2. The first-order valence-corrected chi connectivity index (χ1v) is 7.18. The van der Waals surface area contributed by atoms with Crippen LogP contribution in [0.4, 0.5) is 0 Å². The van der Waals surface area contributed by atoms with E-state index >= 15 is 0 Å². The van der Waals surface area contributed by atoms with Crippen LogP contribution >= 0.6 is 0 Å². The van der Waals surface area contributed by atoms with Crippen molar-refractivity contribution >= 4 is 5.97 Å². The highest BCUT2D eigenvalue weighted by molar-refractivity contribution is 5.64. The summed E-state index contributed by atoms with van der Waals surface area (Å²) in [6.45, 7) is 9.25. The summed E-state index contributed by atoms with van der Waals surface area (Å²) in [6, 6.07) is 0. The maximum Gasteiger partial charge on any atom is 0.130 e. The minimum Gasteiger partial charge on any atom is -0.550 e. The summed E-state index contributed by atoms with van der Waals surface area (Å²) >= 11 is 0. The number of carbonyl (C=O) groups excluding carboxylic acids is 1. The molecule has 6 heteroatoms. The zero-order valence-corrected chi connectivity index (χ0v) is 13.2. The van der Waals surface area contributed by atoms with Crippen LogP contribution in [0.1, 0.15) is 20.3 Å². The fourth-order valence-electron chi connectivity index (χ4n) is 2.25. The van der Waals surface area contributed by atoms with E-state index in [1.807, 2.05) is 0 Å². The first-order valence-electron chi connectivity index (χ1n) is 7.18. The number of hydrogen-bond donors (Lipinski definition) is 0. The molecular weight excluding hydrogens is 262 g/mol. The lowest BCUT2D eigenvalue weighted by Crippen LogP contribution is -2.55. The summed E-state index contributed by atoms with van der Waals surface area (Å²) in [6.07, 6.45) is -0.201. The standard InChI is InChI=1S/C14H29NO5/c1-5-15(6-2,8-10-18-3)11-13(12-19-4)20-9-7-14(16)17/h13H,5-12H2,1-4H3. The van der Waals surface area contributed by atoms with Crippen LogP contribution in [-0.2, 0) is 19.0 Å². The van der Waals surface area contributed by atoms with Gasteiger partial charge in [0, 0.05) is 26.6 Å². The van der Waals surface area contributed by atoms with Crippen molar-refractivity contribution in [2.45, 2.75) is 26.4 Å². The average molecular weight is 291 g/mol. The summed E-state index contributed by atoms with van der Waals surface area (Å²) in [5.74, 6) is -1.09. The van der Waals surface area contributed by atoms with E-state index in [0.29, 0.717) is 13.2 Å². The number of hydrogen-bond acceptors (Lipinski definition) is 5. The number of carbonyl (C=O) groups is 1. The fraction of sp³-hybridized carbons (Fsp3) is 0.929. The maximum atomic E-state index is 10.4. The summed E-state index contributed by atoms with van der Waals surface area (Å²) in [5, 5.41) is 10.4. The van der Waals surface area contributed by atoms with E-state index in [-0.39, 0.29) is 19.1 Å². The quantitative estimate of drug-likeness (QED) is 0.434. The molecule has 6 nitrogen and oxygen atoms in total. The van der Waals surface area contributed by atoms with Gasteiger partial charge in [-0.15, -0.1) is 0 Å². The van der Waals surface area contributed by atoms with Gasteiger partial charge in [-0.1, -0.05) is 0 Å². The molecule has 0 heterocycles. The number of quaternary nitrogens is 1. The average Bonchev–Trinajstić information content (AvgIpc) is 2.43. The van der Waals surface area contributed by atoms with Gasteiger partial charge in [0.15, 0.2) is 0 Å². The smallest absolute Gasteiger partial charge is 0.130 e. The molecule has 0 radical (unpaired) electrons. The van der Waals surface area contributed by atoms with Crippen molar-refractivity contribution in [3.63, 3.8) is 0 Å². The van der Waals surface area contributed by atoms with Gasteiger partial charge in [0.1, 0.15) is 19.2 Å². The highest BCUT2D eigenvalue weighted by Gasteiger charge is 2.28. The van der Waals surface area contributed by atoms with Gasteiger partial charge < -0.3 is 28.6 Å². The van der Waals surface area contributed by atoms with Gasteiger partial charge in [-0.25, -0.2) is 0 Å². The molecule has 1 atom stereocenters. The second-order valence-corrected chi connectivity index (χ2v) is 4.94. The minimum absolute atomic E-state index is 0.0868. The molecule has 1 unspecified atom stereocenters. The van der Waals surface area contributed by atoms with Gasteiger partial charge in [-0.2, -0.15) is 0 Å². The summed E-state index contributed by atoms with van der Waals surface area (Å²) in [7, 11) is 3.32. The van der Waals surface area contributed by atoms with Crippen LogP contribution in [0.25, 0.3) is 0 Å². The third-order valence-corrected chi connectivity index (χ3v) is 3.71. The van der Waals surface area contributed by atoms with E-state index in [1.165, 1.54) is 0 Å². The Labute approximate surface area is 122 Å². The highest BCUT2D eigenvalue weighted by atomic mass is 16.5. The molecule has 120 valence electrons. The Bertz CT molecular complexity index is 256. The van der Waals surface area contributed by atoms with Crippen LogP contribution in [0.15, 0.2) is 0 Å². The largest absolute Gasteiger partial charge is 0.550 e. The molecule has 0 aliphatic rings. The monoisotopic (exact) mass is 291 g/mol. The van der Waals surface area contributed by atoms with Crippen molar-refractivity contribution in [1.29, 1.82) is 0 Å². The maximum absolute atomic E-state index is 10.4. The van der Waals surface area contributed by atoms with Crippen molar-refractivity contribution in [3.05, 3.63) is 0 Å². The van der Waals surface area contributed by atoms with Crippen molar-refractivity contribution in [1.82, 2.24) is 0 Å². The van der Waals surface area contributed by atoms with Gasteiger partial charge in [0.2, 0.25) is 0 Å². The highest BCUT2D eigenvalue weighted by Crippen LogP contribution is 2.11. The number of ether oxygens (including phenoxy) is 3. The van der Waals surface area contributed by atoms with E-state index in [2.05, 4.69) is 13.8 Å². The van der Waals surface area contributed by atoms with Crippen molar-refractivity contribution in [2.75, 3.05) is 60.2 Å². The van der Waals surface area contributed by atoms with Crippen molar-refractivity contribution in [2.24, 2.45) is 0 Å². The van der Waals surface area contributed by atoms with Gasteiger partial charge in [-0.05, 0) is 13.8 Å². The van der Waals surface area contributed by atoms with Gasteiger partial charge in [0.25, 0.3) is 0 Å². The Morgan fingerprint density at radius 1 is 1.15 bits per heavy atom. The van der Waals surface area contributed by atoms with Crippen molar-refractivity contribution < 1.29 is 28.6 Å². The molecule has 0 rings (SSSR count). The third-order valence-electron chi connectivity index (χ3n) is 3.71. The molecule has 0 N–H and O–H groups in total. The first kappa shape index (κ1) is 19.3. The lowest BCUT2D eigenvalue weighted by atomic mass is 10.2. The predicted molar refractivity (Wildman–Crippen MR) is 74.2 cm³/mol. The topological polar surface area (TPSA) is 67.8 Å². The molecule has 20 heavy (non-hydrogen) atoms. The predicted octanol–water partition coefficient (Wildman–Crippen LogP) is -0.339. The molecule has 0 spiro atoms. The van der Waals surface area contributed by atoms with Crippen LogP contribution in [-0.4, -0.2) is 76.8 Å². The second kappa shape index (κ2) is 11.0. The Morgan fingerprint density at radius 3 is 2.25 bits per heavy atom. The SMILES string of the molecule is CC[N+](CC)(CCOC)CC(COC)OCCC(=O)[O-]. The van der Waals surface area contributed by atoms with E-state index < -0.39 is 5.97 Å². The zero-order chi connectivity index (χ0) is 15.4. The fourth-order valence-corrected chi connectivity index (χ4v) is 2.25. The summed E-state index contributed by atoms with van der Waals surface area (Å²) in [4.78, 5) is 10.4. The van der Waals surface area contributed by atoms with Crippen LogP contribution in [0.3, 0.4) is 0 Å². The molecular formula is C14H29NO5. The first-order chi connectivity index (χ1) is 9.53. The molecule has 0 aromatic carbocycles. The number of nitrogens with zero attached hydrogens (tertiary/aromatic N) is 1. The van der Waals surface area contributed by atoms with Gasteiger partial charge >= 0.3 is 0 Å². The summed E-state index contributed by atoms with van der Waals surface area (Å²) in [5.41, 5.74) is 0. The third kappa shape index (κ3) is 7.79. The van der Waals surface area contributed by atoms with Crippen LogP contribution in [0, 0.1) is 0 Å². The number of carboxylic acids is 1. The van der Waals surface area contributed by atoms with Crippen LogP contribution in [0.5, 0.6) is 0 Å². The van der Waals surface area contributed by atoms with Crippen LogP contribution in [0.2, 0.25) is 0 Å². The Morgan fingerprint density at radius 2 is 1.80 bits per heavy atom. The minimum atomic E-state index is -1.09. The number of carboxylic acid groups (broad SMARTS) is 1. The normalized spacial score (nSPS) is 13.4. The van der Waals surface area contributed by atoms with Crippen molar-refractivity contribution in [3.8, 4) is 0 Å². The Kier molecular flexibility index (Phi) is 10.6. The molecule has 0 aliphatic heterocycles. The molecule has 0 bridgehead atoms. The Hall–Kier alpha value is -0.690. The lowest BCUT2D eigenvalue weighted by molar-refractivity contribution is -0.928. The number of rotatable bonds is 13. The molecule has 0 amide bonds.